The summed E-state index contributed by atoms with van der Waals surface area (Å²) in [7, 11) is 0. The molecule has 0 aliphatic rings. The molecule has 18 heavy (non-hydrogen) atoms. The zero-order chi connectivity index (χ0) is 13.4. The van der Waals surface area contributed by atoms with Crippen LogP contribution in [0.1, 0.15) is 29.8 Å². The maximum atomic E-state index is 11.8. The number of aliphatic hydroxyl groups excluding tert-OH is 1. The van der Waals surface area contributed by atoms with E-state index in [2.05, 4.69) is 12.2 Å². The summed E-state index contributed by atoms with van der Waals surface area (Å²) in [6, 6.07) is 7.69. The third-order valence-corrected chi connectivity index (χ3v) is 3.56. The van der Waals surface area contributed by atoms with Crippen LogP contribution in [-0.4, -0.2) is 29.9 Å². The number of aliphatic hydroxyl groups is 1. The molecule has 0 aliphatic carbocycles. The number of hydrogen-bond donors (Lipinski definition) is 2. The van der Waals surface area contributed by atoms with E-state index < -0.39 is 0 Å². The minimum atomic E-state index is -0.0787. The lowest BCUT2D eigenvalue weighted by Crippen LogP contribution is -2.29. The van der Waals surface area contributed by atoms with Crippen LogP contribution in [0.3, 0.4) is 0 Å². The Morgan fingerprint density at radius 3 is 2.61 bits per heavy atom. The van der Waals surface area contributed by atoms with Gasteiger partial charge in [-0.05, 0) is 29.4 Å². The van der Waals surface area contributed by atoms with E-state index in [1.54, 1.807) is 0 Å². The summed E-state index contributed by atoms with van der Waals surface area (Å²) in [6.07, 6.45) is 0. The van der Waals surface area contributed by atoms with Gasteiger partial charge in [0.15, 0.2) is 0 Å². The quantitative estimate of drug-likeness (QED) is 0.797. The Balaban J connectivity index is 2.48. The predicted molar refractivity (Wildman–Crippen MR) is 76.9 cm³/mol. The molecule has 100 valence electrons. The van der Waals surface area contributed by atoms with Crippen LogP contribution in [0.15, 0.2) is 24.3 Å². The SMILES string of the molecule is CCSCc1ccc(C(=O)NCC(C)CO)cc1. The van der Waals surface area contributed by atoms with Crippen LogP contribution in [0.4, 0.5) is 0 Å². The molecule has 0 saturated carbocycles. The summed E-state index contributed by atoms with van der Waals surface area (Å²) in [5.41, 5.74) is 1.91. The summed E-state index contributed by atoms with van der Waals surface area (Å²) in [4.78, 5) is 11.8. The number of carbonyl (C=O) groups is 1. The van der Waals surface area contributed by atoms with Gasteiger partial charge < -0.3 is 10.4 Å². The van der Waals surface area contributed by atoms with Gasteiger partial charge in [-0.15, -0.1) is 0 Å². The minimum Gasteiger partial charge on any atom is -0.396 e. The Kier molecular flexibility index (Phi) is 6.83. The highest BCUT2D eigenvalue weighted by atomic mass is 32.2. The van der Waals surface area contributed by atoms with Crippen molar-refractivity contribution in [3.05, 3.63) is 35.4 Å². The van der Waals surface area contributed by atoms with E-state index in [4.69, 9.17) is 5.11 Å². The smallest absolute Gasteiger partial charge is 0.251 e. The summed E-state index contributed by atoms with van der Waals surface area (Å²) in [6.45, 7) is 4.62. The molecule has 0 radical (unpaired) electrons. The van der Waals surface area contributed by atoms with Crippen LogP contribution in [0, 0.1) is 5.92 Å². The van der Waals surface area contributed by atoms with Crippen molar-refractivity contribution in [3.8, 4) is 0 Å². The van der Waals surface area contributed by atoms with Crippen molar-refractivity contribution in [2.24, 2.45) is 5.92 Å². The fourth-order valence-corrected chi connectivity index (χ4v) is 2.04. The lowest BCUT2D eigenvalue weighted by Gasteiger charge is -2.10. The molecule has 0 spiro atoms. The first kappa shape index (κ1) is 15.1. The van der Waals surface area contributed by atoms with Gasteiger partial charge in [-0.25, -0.2) is 0 Å². The van der Waals surface area contributed by atoms with Crippen LogP contribution in [-0.2, 0) is 5.75 Å². The van der Waals surface area contributed by atoms with E-state index >= 15 is 0 Å². The summed E-state index contributed by atoms with van der Waals surface area (Å²) < 4.78 is 0. The van der Waals surface area contributed by atoms with E-state index in [9.17, 15) is 4.79 Å². The van der Waals surface area contributed by atoms with Crippen LogP contribution >= 0.6 is 11.8 Å². The molecule has 0 saturated heterocycles. The minimum absolute atomic E-state index is 0.0787. The number of amides is 1. The second-order valence-electron chi connectivity index (χ2n) is 4.33. The Morgan fingerprint density at radius 1 is 1.39 bits per heavy atom. The number of rotatable bonds is 7. The van der Waals surface area contributed by atoms with Crippen molar-refractivity contribution in [3.63, 3.8) is 0 Å². The maximum absolute atomic E-state index is 11.8. The van der Waals surface area contributed by atoms with Crippen molar-refractivity contribution < 1.29 is 9.90 Å². The lowest BCUT2D eigenvalue weighted by molar-refractivity contribution is 0.0942. The third-order valence-electron chi connectivity index (χ3n) is 2.61. The first-order chi connectivity index (χ1) is 8.67. The number of carbonyl (C=O) groups excluding carboxylic acids is 1. The molecule has 1 amide bonds. The predicted octanol–water partition coefficient (Wildman–Crippen LogP) is 2.30. The van der Waals surface area contributed by atoms with Gasteiger partial charge in [0, 0.05) is 24.5 Å². The van der Waals surface area contributed by atoms with Crippen LogP contribution in [0.25, 0.3) is 0 Å². The number of thioether (sulfide) groups is 1. The van der Waals surface area contributed by atoms with Crippen LogP contribution < -0.4 is 5.32 Å². The number of benzene rings is 1. The second kappa shape index (κ2) is 8.16. The molecule has 1 atom stereocenters. The van der Waals surface area contributed by atoms with Gasteiger partial charge in [0.1, 0.15) is 0 Å². The van der Waals surface area contributed by atoms with Gasteiger partial charge in [0.05, 0.1) is 0 Å². The fraction of sp³-hybridized carbons (Fsp3) is 0.500. The largest absolute Gasteiger partial charge is 0.396 e. The molecule has 0 aromatic heterocycles. The first-order valence-electron chi connectivity index (χ1n) is 6.23. The Hall–Kier alpha value is -1.00. The summed E-state index contributed by atoms with van der Waals surface area (Å²) in [5, 5.41) is 11.7. The van der Waals surface area contributed by atoms with E-state index in [0.717, 1.165) is 11.5 Å². The molecule has 0 bridgehead atoms. The topological polar surface area (TPSA) is 49.3 Å². The van der Waals surface area contributed by atoms with Crippen molar-refractivity contribution in [1.29, 1.82) is 0 Å². The van der Waals surface area contributed by atoms with E-state index in [0.29, 0.717) is 12.1 Å². The Bertz CT molecular complexity index is 365. The highest BCUT2D eigenvalue weighted by molar-refractivity contribution is 7.98. The molecule has 3 nitrogen and oxygen atoms in total. The molecule has 2 N–H and O–H groups in total. The van der Waals surface area contributed by atoms with Crippen molar-refractivity contribution in [2.75, 3.05) is 18.9 Å². The maximum Gasteiger partial charge on any atom is 0.251 e. The molecule has 1 rings (SSSR count). The van der Waals surface area contributed by atoms with Gasteiger partial charge in [0.2, 0.25) is 0 Å². The monoisotopic (exact) mass is 267 g/mol. The van der Waals surface area contributed by atoms with Crippen LogP contribution in [0.5, 0.6) is 0 Å². The molecule has 1 unspecified atom stereocenters. The molecule has 4 heteroatoms. The highest BCUT2D eigenvalue weighted by Crippen LogP contribution is 2.12. The lowest BCUT2D eigenvalue weighted by atomic mass is 10.1. The van der Waals surface area contributed by atoms with Gasteiger partial charge in [0.25, 0.3) is 5.91 Å². The van der Waals surface area contributed by atoms with Gasteiger partial charge in [-0.2, -0.15) is 11.8 Å². The summed E-state index contributed by atoms with van der Waals surface area (Å²) in [5.74, 6) is 2.10. The standard InChI is InChI=1S/C14H21NO2S/c1-3-18-10-12-4-6-13(7-5-12)14(17)15-8-11(2)9-16/h4-7,11,16H,3,8-10H2,1-2H3,(H,15,17). The Labute approximate surface area is 113 Å². The summed E-state index contributed by atoms with van der Waals surface area (Å²) >= 11 is 1.86. The van der Waals surface area contributed by atoms with Crippen LogP contribution in [0.2, 0.25) is 0 Å². The molecule has 0 heterocycles. The first-order valence-corrected chi connectivity index (χ1v) is 7.38. The molecule has 1 aromatic rings. The zero-order valence-electron chi connectivity index (χ0n) is 11.0. The molecular weight excluding hydrogens is 246 g/mol. The van der Waals surface area contributed by atoms with Gasteiger partial charge >= 0.3 is 0 Å². The zero-order valence-corrected chi connectivity index (χ0v) is 11.8. The second-order valence-corrected chi connectivity index (χ2v) is 5.61. The van der Waals surface area contributed by atoms with Crippen molar-refractivity contribution in [1.82, 2.24) is 5.32 Å². The molecular formula is C14H21NO2S. The third kappa shape index (κ3) is 5.10. The fourth-order valence-electron chi connectivity index (χ4n) is 1.41. The van der Waals surface area contributed by atoms with Crippen molar-refractivity contribution in [2.45, 2.75) is 19.6 Å². The van der Waals surface area contributed by atoms with Crippen molar-refractivity contribution >= 4 is 17.7 Å². The molecule has 1 aromatic carbocycles. The number of hydrogen-bond acceptors (Lipinski definition) is 3. The molecule has 0 aliphatic heterocycles. The highest BCUT2D eigenvalue weighted by Gasteiger charge is 2.07. The number of nitrogens with one attached hydrogen (secondary N) is 1. The molecule has 0 fully saturated rings. The van der Waals surface area contributed by atoms with Gasteiger partial charge in [-0.3, -0.25) is 4.79 Å². The van der Waals surface area contributed by atoms with E-state index in [1.165, 1.54) is 5.56 Å². The average molecular weight is 267 g/mol. The normalized spacial score (nSPS) is 12.2. The Morgan fingerprint density at radius 2 is 2.06 bits per heavy atom. The average Bonchev–Trinajstić information content (AvgIpc) is 2.42. The van der Waals surface area contributed by atoms with Gasteiger partial charge in [-0.1, -0.05) is 26.0 Å². The van der Waals surface area contributed by atoms with E-state index in [1.807, 2.05) is 43.0 Å². The van der Waals surface area contributed by atoms with E-state index in [-0.39, 0.29) is 18.4 Å².